The van der Waals surface area contributed by atoms with Crippen molar-refractivity contribution in [2.45, 2.75) is 31.3 Å². The van der Waals surface area contributed by atoms with Crippen molar-refractivity contribution in [1.82, 2.24) is 4.90 Å². The molecule has 0 bridgehead atoms. The molecule has 0 aromatic heterocycles. The van der Waals surface area contributed by atoms with Crippen LogP contribution in [0.3, 0.4) is 0 Å². The third kappa shape index (κ3) is 4.98. The van der Waals surface area contributed by atoms with E-state index in [1.54, 1.807) is 6.07 Å². The maximum atomic E-state index is 13.7. The summed E-state index contributed by atoms with van der Waals surface area (Å²) in [5, 5.41) is 12.6. The molecule has 2 atom stereocenters. The summed E-state index contributed by atoms with van der Waals surface area (Å²) in [5.41, 5.74) is 1.88. The van der Waals surface area contributed by atoms with Gasteiger partial charge >= 0.3 is 0 Å². The van der Waals surface area contributed by atoms with Crippen LogP contribution in [0.1, 0.15) is 30.4 Å². The minimum atomic E-state index is -0.990. The van der Waals surface area contributed by atoms with Gasteiger partial charge in [0.2, 0.25) is 0 Å². The number of hydrogen-bond donors (Lipinski definition) is 1. The number of benzene rings is 2. The largest absolute Gasteiger partial charge is 0.385 e. The third-order valence-electron chi connectivity index (χ3n) is 5.39. The molecular weight excluding hydrogens is 361 g/mol. The highest BCUT2D eigenvalue weighted by atomic mass is 35.5. The maximum Gasteiger partial charge on any atom is 0.123 e. The van der Waals surface area contributed by atoms with E-state index in [-0.39, 0.29) is 11.7 Å². The lowest BCUT2D eigenvalue weighted by molar-refractivity contribution is -0.0123. The monoisotopic (exact) mass is 387 g/mol. The first kappa shape index (κ1) is 20.1. The van der Waals surface area contributed by atoms with Gasteiger partial charge in [0, 0.05) is 23.9 Å². The van der Waals surface area contributed by atoms with Crippen molar-refractivity contribution in [2.75, 3.05) is 20.6 Å². The van der Waals surface area contributed by atoms with Gasteiger partial charge in [-0.3, -0.25) is 0 Å². The van der Waals surface area contributed by atoms with Crippen LogP contribution in [0.2, 0.25) is 5.02 Å². The summed E-state index contributed by atoms with van der Waals surface area (Å²) in [6.07, 6.45) is 5.35. The Balaban J connectivity index is 1.99. The van der Waals surface area contributed by atoms with Crippen LogP contribution in [0.25, 0.3) is 6.08 Å². The Bertz CT molecular complexity index is 802. The maximum absolute atomic E-state index is 13.7. The van der Waals surface area contributed by atoms with Gasteiger partial charge in [-0.15, -0.1) is 0 Å². The topological polar surface area (TPSA) is 23.5 Å². The molecule has 0 radical (unpaired) electrons. The molecule has 2 aromatic rings. The fourth-order valence-electron chi connectivity index (χ4n) is 4.11. The SMILES string of the molecule is CN(C)CC1CCCC(=Cc2ccc(Cl)cc2)C1(O)Cc1cccc(F)c1. The molecule has 2 nitrogen and oxygen atoms in total. The van der Waals surface area contributed by atoms with Gasteiger partial charge in [-0.05, 0) is 74.3 Å². The minimum Gasteiger partial charge on any atom is -0.385 e. The molecular formula is C23H27ClFNO. The molecule has 144 valence electrons. The first-order chi connectivity index (χ1) is 12.9. The van der Waals surface area contributed by atoms with Gasteiger partial charge in [0.05, 0.1) is 5.60 Å². The second-order valence-corrected chi connectivity index (χ2v) is 8.24. The van der Waals surface area contributed by atoms with Gasteiger partial charge in [0.25, 0.3) is 0 Å². The van der Waals surface area contributed by atoms with Crippen LogP contribution in [-0.2, 0) is 6.42 Å². The quantitative estimate of drug-likeness (QED) is 0.762. The summed E-state index contributed by atoms with van der Waals surface area (Å²) in [5.74, 6) is -0.164. The van der Waals surface area contributed by atoms with Gasteiger partial charge < -0.3 is 10.0 Å². The highest BCUT2D eigenvalue weighted by Gasteiger charge is 2.42. The summed E-state index contributed by atoms with van der Waals surface area (Å²) < 4.78 is 13.7. The number of rotatable bonds is 5. The number of hydrogen-bond acceptors (Lipinski definition) is 2. The molecule has 4 heteroatoms. The molecule has 1 N–H and O–H groups in total. The van der Waals surface area contributed by atoms with Crippen molar-refractivity contribution >= 4 is 17.7 Å². The standard InChI is InChI=1S/C23H27ClFNO/c1-26(2)16-20-7-4-6-19(13-17-9-11-21(24)12-10-17)23(20,27)15-18-5-3-8-22(25)14-18/h3,5,8-14,20,27H,4,6-7,15-16H2,1-2H3. The van der Waals surface area contributed by atoms with E-state index >= 15 is 0 Å². The lowest BCUT2D eigenvalue weighted by atomic mass is 9.68. The molecule has 27 heavy (non-hydrogen) atoms. The third-order valence-corrected chi connectivity index (χ3v) is 5.64. The zero-order valence-corrected chi connectivity index (χ0v) is 16.7. The zero-order valence-electron chi connectivity index (χ0n) is 16.0. The number of nitrogens with zero attached hydrogens (tertiary/aromatic N) is 1. The molecule has 1 aliphatic carbocycles. The fourth-order valence-corrected chi connectivity index (χ4v) is 4.24. The Labute approximate surface area is 166 Å². The van der Waals surface area contributed by atoms with Crippen LogP contribution in [0.5, 0.6) is 0 Å². The van der Waals surface area contributed by atoms with Crippen molar-refractivity contribution in [3.05, 3.63) is 76.1 Å². The van der Waals surface area contributed by atoms with Crippen LogP contribution in [0.15, 0.2) is 54.1 Å². The van der Waals surface area contributed by atoms with Crippen molar-refractivity contribution in [3.8, 4) is 0 Å². The summed E-state index contributed by atoms with van der Waals surface area (Å²) in [6, 6.07) is 14.2. The second-order valence-electron chi connectivity index (χ2n) is 7.80. The molecule has 0 saturated heterocycles. The van der Waals surface area contributed by atoms with Gasteiger partial charge in [0.1, 0.15) is 5.82 Å². The summed E-state index contributed by atoms with van der Waals surface area (Å²) in [7, 11) is 4.06. The van der Waals surface area contributed by atoms with E-state index in [1.165, 1.54) is 12.1 Å². The second kappa shape index (κ2) is 8.55. The van der Waals surface area contributed by atoms with Crippen LogP contribution in [-0.4, -0.2) is 36.2 Å². The van der Waals surface area contributed by atoms with Crippen LogP contribution >= 0.6 is 11.6 Å². The van der Waals surface area contributed by atoms with Crippen LogP contribution in [0, 0.1) is 11.7 Å². The molecule has 3 rings (SSSR count). The van der Waals surface area contributed by atoms with Gasteiger partial charge in [-0.1, -0.05) is 41.9 Å². The molecule has 0 aliphatic heterocycles. The molecule has 2 unspecified atom stereocenters. The zero-order chi connectivity index (χ0) is 19.4. The predicted molar refractivity (Wildman–Crippen MR) is 110 cm³/mol. The molecule has 0 spiro atoms. The van der Waals surface area contributed by atoms with Gasteiger partial charge in [0.15, 0.2) is 0 Å². The highest BCUT2D eigenvalue weighted by Crippen LogP contribution is 2.42. The average Bonchev–Trinajstić information content (AvgIpc) is 2.60. The van der Waals surface area contributed by atoms with Crippen molar-refractivity contribution in [3.63, 3.8) is 0 Å². The van der Waals surface area contributed by atoms with E-state index in [2.05, 4.69) is 11.0 Å². The summed E-state index contributed by atoms with van der Waals surface area (Å²) in [4.78, 5) is 2.12. The minimum absolute atomic E-state index is 0.100. The molecule has 2 aromatic carbocycles. The Hall–Kier alpha value is -1.68. The number of halogens is 2. The molecule has 1 saturated carbocycles. The highest BCUT2D eigenvalue weighted by molar-refractivity contribution is 6.30. The van der Waals surface area contributed by atoms with Crippen LogP contribution in [0.4, 0.5) is 4.39 Å². The predicted octanol–water partition coefficient (Wildman–Crippen LogP) is 5.20. The van der Waals surface area contributed by atoms with E-state index in [9.17, 15) is 9.50 Å². The van der Waals surface area contributed by atoms with E-state index in [0.29, 0.717) is 11.4 Å². The summed E-state index contributed by atoms with van der Waals surface area (Å²) in [6.45, 7) is 0.795. The normalized spacial score (nSPS) is 24.5. The first-order valence-electron chi connectivity index (χ1n) is 9.45. The average molecular weight is 388 g/mol. The summed E-state index contributed by atoms with van der Waals surface area (Å²) >= 11 is 6.00. The van der Waals surface area contributed by atoms with E-state index in [1.807, 2.05) is 44.4 Å². The molecule has 1 fully saturated rings. The van der Waals surface area contributed by atoms with E-state index < -0.39 is 5.60 Å². The Kier molecular flexibility index (Phi) is 6.36. The van der Waals surface area contributed by atoms with Gasteiger partial charge in [-0.2, -0.15) is 0 Å². The Morgan fingerprint density at radius 3 is 2.63 bits per heavy atom. The van der Waals surface area contributed by atoms with E-state index in [0.717, 1.165) is 42.5 Å². The number of aliphatic hydroxyl groups is 1. The molecule has 0 heterocycles. The lowest BCUT2D eigenvalue weighted by Crippen LogP contribution is -2.48. The smallest absolute Gasteiger partial charge is 0.123 e. The Morgan fingerprint density at radius 1 is 1.22 bits per heavy atom. The lowest BCUT2D eigenvalue weighted by Gasteiger charge is -2.43. The Morgan fingerprint density at radius 2 is 1.96 bits per heavy atom. The molecule has 1 aliphatic rings. The van der Waals surface area contributed by atoms with Crippen LogP contribution < -0.4 is 0 Å². The van der Waals surface area contributed by atoms with Crippen molar-refractivity contribution in [2.24, 2.45) is 5.92 Å². The van der Waals surface area contributed by atoms with E-state index in [4.69, 9.17) is 11.6 Å². The molecule has 0 amide bonds. The van der Waals surface area contributed by atoms with Crippen molar-refractivity contribution < 1.29 is 9.50 Å². The first-order valence-corrected chi connectivity index (χ1v) is 9.83. The fraction of sp³-hybridized carbons (Fsp3) is 0.391. The van der Waals surface area contributed by atoms with Crippen molar-refractivity contribution in [1.29, 1.82) is 0 Å². The van der Waals surface area contributed by atoms with Gasteiger partial charge in [-0.25, -0.2) is 4.39 Å².